The highest BCUT2D eigenvalue weighted by molar-refractivity contribution is 7.18. The normalized spacial score (nSPS) is 16.9. The number of carbonyl (C=O) groups is 2. The number of anilines is 1. The maximum absolute atomic E-state index is 12.9. The van der Waals surface area contributed by atoms with Crippen molar-refractivity contribution in [1.29, 1.82) is 0 Å². The van der Waals surface area contributed by atoms with Gasteiger partial charge in [-0.15, -0.1) is 11.3 Å². The quantitative estimate of drug-likeness (QED) is 0.751. The number of benzene rings is 2. The van der Waals surface area contributed by atoms with Gasteiger partial charge in [-0.3, -0.25) is 9.59 Å². The van der Waals surface area contributed by atoms with Crippen LogP contribution in [-0.4, -0.2) is 23.3 Å². The number of thiazole rings is 1. The highest BCUT2D eigenvalue weighted by Gasteiger charge is 2.35. The van der Waals surface area contributed by atoms with Crippen LogP contribution in [-0.2, 0) is 16.1 Å². The Hall–Kier alpha value is -2.80. The Balaban J connectivity index is 1.42. The first-order valence-electron chi connectivity index (χ1n) is 8.69. The highest BCUT2D eigenvalue weighted by Crippen LogP contribution is 2.30. The summed E-state index contributed by atoms with van der Waals surface area (Å²) in [5.41, 5.74) is 2.45. The molecule has 3 aromatic rings. The van der Waals surface area contributed by atoms with E-state index < -0.39 is 5.92 Å². The zero-order valence-corrected chi connectivity index (χ0v) is 15.6. The predicted octanol–water partition coefficient (Wildman–Crippen LogP) is 3.41. The summed E-state index contributed by atoms with van der Waals surface area (Å²) in [4.78, 5) is 31.0. The molecule has 1 saturated heterocycles. The molecule has 1 aliphatic rings. The summed E-state index contributed by atoms with van der Waals surface area (Å²) < 4.78 is 14.0. The summed E-state index contributed by atoms with van der Waals surface area (Å²) in [5.74, 6) is -0.941. The fourth-order valence-corrected chi connectivity index (χ4v) is 4.07. The Labute approximate surface area is 159 Å². The van der Waals surface area contributed by atoms with Crippen LogP contribution in [0, 0.1) is 18.7 Å². The van der Waals surface area contributed by atoms with Gasteiger partial charge in [0.2, 0.25) is 11.8 Å². The third-order valence-corrected chi connectivity index (χ3v) is 5.62. The molecule has 5 nitrogen and oxygen atoms in total. The standard InChI is InChI=1S/C20H18FN3O2S/c1-12-23-17-9-16(6-7-18(17)27-12)24-11-14(8-19(24)25)20(26)22-10-13-2-4-15(21)5-3-13/h2-7,9,14H,8,10-11H2,1H3,(H,22,26). The number of amides is 2. The van der Waals surface area contributed by atoms with Gasteiger partial charge in [-0.25, -0.2) is 9.37 Å². The number of aromatic nitrogens is 1. The molecule has 0 spiro atoms. The lowest BCUT2D eigenvalue weighted by molar-refractivity contribution is -0.126. The summed E-state index contributed by atoms with van der Waals surface area (Å²) >= 11 is 1.61. The first-order chi connectivity index (χ1) is 13.0. The molecule has 138 valence electrons. The number of fused-ring (bicyclic) bond motifs is 1. The number of aryl methyl sites for hydroxylation is 1. The molecule has 27 heavy (non-hydrogen) atoms. The van der Waals surface area contributed by atoms with Crippen LogP contribution in [0.15, 0.2) is 42.5 Å². The van der Waals surface area contributed by atoms with Crippen LogP contribution in [0.1, 0.15) is 17.0 Å². The van der Waals surface area contributed by atoms with Gasteiger partial charge >= 0.3 is 0 Å². The Morgan fingerprint density at radius 2 is 2.07 bits per heavy atom. The zero-order chi connectivity index (χ0) is 19.0. The van der Waals surface area contributed by atoms with Crippen molar-refractivity contribution in [2.45, 2.75) is 19.9 Å². The van der Waals surface area contributed by atoms with E-state index in [0.717, 1.165) is 26.5 Å². The third-order valence-electron chi connectivity index (χ3n) is 4.67. The molecule has 1 fully saturated rings. The molecule has 0 radical (unpaired) electrons. The first-order valence-corrected chi connectivity index (χ1v) is 9.51. The van der Waals surface area contributed by atoms with Crippen molar-refractivity contribution in [3.05, 3.63) is 58.9 Å². The summed E-state index contributed by atoms with van der Waals surface area (Å²) in [7, 11) is 0. The van der Waals surface area contributed by atoms with E-state index in [1.165, 1.54) is 12.1 Å². The fraction of sp³-hybridized carbons (Fsp3) is 0.250. The predicted molar refractivity (Wildman–Crippen MR) is 103 cm³/mol. The fourth-order valence-electron chi connectivity index (χ4n) is 3.27. The third kappa shape index (κ3) is 3.68. The van der Waals surface area contributed by atoms with Crippen molar-refractivity contribution >= 4 is 39.1 Å². The van der Waals surface area contributed by atoms with E-state index in [1.807, 2.05) is 25.1 Å². The summed E-state index contributed by atoms with van der Waals surface area (Å²) in [6.45, 7) is 2.61. The maximum Gasteiger partial charge on any atom is 0.227 e. The summed E-state index contributed by atoms with van der Waals surface area (Å²) in [5, 5.41) is 3.81. The molecular formula is C20H18FN3O2S. The lowest BCUT2D eigenvalue weighted by atomic mass is 10.1. The minimum atomic E-state index is -0.397. The second-order valence-corrected chi connectivity index (χ2v) is 7.87. The van der Waals surface area contributed by atoms with Crippen molar-refractivity contribution in [2.24, 2.45) is 5.92 Å². The molecule has 2 aromatic carbocycles. The number of halogens is 1. The van der Waals surface area contributed by atoms with Gasteiger partial charge in [-0.1, -0.05) is 12.1 Å². The van der Waals surface area contributed by atoms with Gasteiger partial charge in [0, 0.05) is 25.2 Å². The van der Waals surface area contributed by atoms with E-state index in [4.69, 9.17) is 0 Å². The number of hydrogen-bond acceptors (Lipinski definition) is 4. The Morgan fingerprint density at radius 3 is 2.85 bits per heavy atom. The van der Waals surface area contributed by atoms with Crippen LogP contribution < -0.4 is 10.2 Å². The van der Waals surface area contributed by atoms with E-state index >= 15 is 0 Å². The summed E-state index contributed by atoms with van der Waals surface area (Å²) in [6.07, 6.45) is 0.184. The van der Waals surface area contributed by atoms with Gasteiger partial charge in [-0.2, -0.15) is 0 Å². The largest absolute Gasteiger partial charge is 0.352 e. The van der Waals surface area contributed by atoms with Crippen LogP contribution in [0.2, 0.25) is 0 Å². The zero-order valence-electron chi connectivity index (χ0n) is 14.7. The minimum Gasteiger partial charge on any atom is -0.352 e. The van der Waals surface area contributed by atoms with Crippen LogP contribution in [0.3, 0.4) is 0 Å². The molecule has 2 amide bonds. The lowest BCUT2D eigenvalue weighted by Crippen LogP contribution is -2.32. The maximum atomic E-state index is 12.9. The molecule has 1 aliphatic heterocycles. The van der Waals surface area contributed by atoms with Crippen molar-refractivity contribution in [3.8, 4) is 0 Å². The van der Waals surface area contributed by atoms with Crippen molar-refractivity contribution in [1.82, 2.24) is 10.3 Å². The average molecular weight is 383 g/mol. The van der Waals surface area contributed by atoms with Gasteiger partial charge < -0.3 is 10.2 Å². The van der Waals surface area contributed by atoms with Crippen LogP contribution in [0.25, 0.3) is 10.2 Å². The molecule has 7 heteroatoms. The van der Waals surface area contributed by atoms with Crippen molar-refractivity contribution in [2.75, 3.05) is 11.4 Å². The molecule has 1 unspecified atom stereocenters. The number of carbonyl (C=O) groups excluding carboxylic acids is 2. The Morgan fingerprint density at radius 1 is 1.30 bits per heavy atom. The molecule has 0 bridgehead atoms. The molecule has 2 heterocycles. The smallest absolute Gasteiger partial charge is 0.227 e. The van der Waals surface area contributed by atoms with Crippen molar-refractivity contribution in [3.63, 3.8) is 0 Å². The molecule has 0 saturated carbocycles. The first kappa shape index (κ1) is 17.6. The molecule has 1 N–H and O–H groups in total. The van der Waals surface area contributed by atoms with Crippen LogP contribution >= 0.6 is 11.3 Å². The number of nitrogens with zero attached hydrogens (tertiary/aromatic N) is 2. The Bertz CT molecular complexity index is 1020. The number of nitrogens with one attached hydrogen (secondary N) is 1. The van der Waals surface area contributed by atoms with Gasteiger partial charge in [0.25, 0.3) is 0 Å². The van der Waals surface area contributed by atoms with Crippen LogP contribution in [0.4, 0.5) is 10.1 Å². The monoisotopic (exact) mass is 383 g/mol. The average Bonchev–Trinajstić information content (AvgIpc) is 3.22. The van der Waals surface area contributed by atoms with Crippen LogP contribution in [0.5, 0.6) is 0 Å². The van der Waals surface area contributed by atoms with Crippen molar-refractivity contribution < 1.29 is 14.0 Å². The van der Waals surface area contributed by atoms with Gasteiger partial charge in [0.1, 0.15) is 5.82 Å². The summed E-state index contributed by atoms with van der Waals surface area (Å²) in [6, 6.07) is 11.7. The van der Waals surface area contributed by atoms with E-state index in [9.17, 15) is 14.0 Å². The van der Waals surface area contributed by atoms with Gasteiger partial charge in [0.15, 0.2) is 0 Å². The van der Waals surface area contributed by atoms with Gasteiger partial charge in [-0.05, 0) is 42.8 Å². The molecule has 0 aliphatic carbocycles. The number of rotatable bonds is 4. The lowest BCUT2D eigenvalue weighted by Gasteiger charge is -2.16. The molecule has 4 rings (SSSR count). The highest BCUT2D eigenvalue weighted by atomic mass is 32.1. The molecule has 1 aromatic heterocycles. The van der Waals surface area contributed by atoms with E-state index in [1.54, 1.807) is 28.4 Å². The molecule has 1 atom stereocenters. The van der Waals surface area contributed by atoms with Gasteiger partial charge in [0.05, 0.1) is 21.1 Å². The second kappa shape index (κ2) is 7.08. The molecular weight excluding hydrogens is 365 g/mol. The minimum absolute atomic E-state index is 0.0665. The Kier molecular flexibility index (Phi) is 4.61. The SMILES string of the molecule is Cc1nc2cc(N3CC(C(=O)NCc4ccc(F)cc4)CC3=O)ccc2s1. The second-order valence-electron chi connectivity index (χ2n) is 6.63. The van der Waals surface area contributed by atoms with E-state index in [2.05, 4.69) is 10.3 Å². The number of hydrogen-bond donors (Lipinski definition) is 1. The topological polar surface area (TPSA) is 62.3 Å². The van der Waals surface area contributed by atoms with E-state index in [0.29, 0.717) is 13.1 Å². The van der Waals surface area contributed by atoms with E-state index in [-0.39, 0.29) is 24.1 Å².